The Hall–Kier alpha value is -0.170. The van der Waals surface area contributed by atoms with Gasteiger partial charge in [-0.3, -0.25) is 0 Å². The highest BCUT2D eigenvalue weighted by molar-refractivity contribution is 7.86. The van der Waals surface area contributed by atoms with E-state index in [-0.39, 0.29) is 12.6 Å². The van der Waals surface area contributed by atoms with Crippen molar-refractivity contribution in [2.45, 2.75) is 38.6 Å². The highest BCUT2D eigenvalue weighted by atomic mass is 32.2. The Morgan fingerprint density at radius 2 is 2.19 bits per heavy atom. The number of aliphatic hydroxyl groups excluding tert-OH is 1. The van der Waals surface area contributed by atoms with Crippen molar-refractivity contribution in [1.29, 1.82) is 0 Å². The molecule has 1 atom stereocenters. The highest BCUT2D eigenvalue weighted by Gasteiger charge is 2.35. The molecule has 0 spiro atoms. The second kappa shape index (κ2) is 5.95. The Balaban J connectivity index is 2.68. The molecule has 16 heavy (non-hydrogen) atoms. The minimum Gasteiger partial charge on any atom is -0.396 e. The quantitative estimate of drug-likeness (QED) is 0.743. The first kappa shape index (κ1) is 13.9. The maximum atomic E-state index is 12.2. The van der Waals surface area contributed by atoms with Crippen LogP contribution >= 0.6 is 0 Å². The van der Waals surface area contributed by atoms with Gasteiger partial charge in [0.25, 0.3) is 10.2 Å². The summed E-state index contributed by atoms with van der Waals surface area (Å²) in [7, 11) is -1.74. The second-order valence-electron chi connectivity index (χ2n) is 4.22. The number of hydrogen-bond acceptors (Lipinski definition) is 3. The topological polar surface area (TPSA) is 60.9 Å². The van der Waals surface area contributed by atoms with Crippen LogP contribution in [-0.2, 0) is 10.2 Å². The first-order chi connectivity index (χ1) is 7.54. The Morgan fingerprint density at radius 1 is 1.50 bits per heavy atom. The van der Waals surface area contributed by atoms with Crippen molar-refractivity contribution in [3.05, 3.63) is 0 Å². The number of rotatable bonds is 6. The van der Waals surface area contributed by atoms with Crippen molar-refractivity contribution in [2.75, 3.05) is 26.7 Å². The third-order valence-electron chi connectivity index (χ3n) is 3.12. The van der Waals surface area contributed by atoms with Crippen LogP contribution in [0, 0.1) is 0 Å². The molecule has 1 N–H and O–H groups in total. The molecule has 1 saturated heterocycles. The Labute approximate surface area is 98.2 Å². The van der Waals surface area contributed by atoms with Crippen molar-refractivity contribution in [3.63, 3.8) is 0 Å². The van der Waals surface area contributed by atoms with Crippen LogP contribution in [-0.4, -0.2) is 54.9 Å². The normalized spacial score (nSPS) is 23.1. The molecule has 6 heteroatoms. The summed E-state index contributed by atoms with van der Waals surface area (Å²) in [5.74, 6) is 0. The molecular formula is C10H22N2O3S. The molecule has 0 bridgehead atoms. The fraction of sp³-hybridized carbons (Fsp3) is 1.00. The molecule has 0 amide bonds. The average molecular weight is 250 g/mol. The lowest BCUT2D eigenvalue weighted by Crippen LogP contribution is -2.44. The van der Waals surface area contributed by atoms with Crippen LogP contribution in [0.5, 0.6) is 0 Å². The third-order valence-corrected chi connectivity index (χ3v) is 5.16. The van der Waals surface area contributed by atoms with Crippen molar-refractivity contribution in [3.8, 4) is 0 Å². The second-order valence-corrected chi connectivity index (χ2v) is 6.21. The van der Waals surface area contributed by atoms with Crippen LogP contribution in [0.4, 0.5) is 0 Å². The van der Waals surface area contributed by atoms with Crippen molar-refractivity contribution < 1.29 is 13.5 Å². The number of nitrogens with zero attached hydrogens (tertiary/aromatic N) is 2. The molecule has 0 aromatic rings. The molecule has 5 nitrogen and oxygen atoms in total. The zero-order valence-corrected chi connectivity index (χ0v) is 10.9. The molecule has 1 aliphatic rings. The Bertz CT molecular complexity index is 305. The fourth-order valence-electron chi connectivity index (χ4n) is 2.11. The smallest absolute Gasteiger partial charge is 0.281 e. The van der Waals surface area contributed by atoms with Gasteiger partial charge in [0, 0.05) is 32.8 Å². The van der Waals surface area contributed by atoms with Gasteiger partial charge in [0.05, 0.1) is 0 Å². The van der Waals surface area contributed by atoms with E-state index >= 15 is 0 Å². The van der Waals surface area contributed by atoms with Crippen molar-refractivity contribution in [2.24, 2.45) is 0 Å². The summed E-state index contributed by atoms with van der Waals surface area (Å²) in [6.07, 6.45) is 3.27. The summed E-state index contributed by atoms with van der Waals surface area (Å²) in [4.78, 5) is 0. The fourth-order valence-corrected chi connectivity index (χ4v) is 3.82. The van der Waals surface area contributed by atoms with Crippen LogP contribution in [0.1, 0.15) is 32.6 Å². The first-order valence-corrected chi connectivity index (χ1v) is 7.27. The summed E-state index contributed by atoms with van der Waals surface area (Å²) < 4.78 is 27.3. The zero-order chi connectivity index (χ0) is 12.2. The van der Waals surface area contributed by atoms with Gasteiger partial charge in [0.2, 0.25) is 0 Å². The maximum absolute atomic E-state index is 12.2. The molecule has 1 unspecified atom stereocenters. The number of hydrogen-bond donors (Lipinski definition) is 1. The van der Waals surface area contributed by atoms with Gasteiger partial charge in [0.15, 0.2) is 0 Å². The Morgan fingerprint density at radius 3 is 2.75 bits per heavy atom. The van der Waals surface area contributed by atoms with Crippen molar-refractivity contribution >= 4 is 10.2 Å². The molecule has 0 aromatic carbocycles. The lowest BCUT2D eigenvalue weighted by molar-refractivity contribution is 0.269. The monoisotopic (exact) mass is 250 g/mol. The van der Waals surface area contributed by atoms with Gasteiger partial charge in [0.1, 0.15) is 0 Å². The molecule has 1 rings (SSSR count). The molecule has 1 heterocycles. The largest absolute Gasteiger partial charge is 0.396 e. The van der Waals surface area contributed by atoms with Gasteiger partial charge in [-0.1, -0.05) is 6.92 Å². The SMILES string of the molecule is CCC1CCCN1S(=O)(=O)N(C)CCCO. The molecule has 0 aliphatic carbocycles. The summed E-state index contributed by atoms with van der Waals surface area (Å²) in [5.41, 5.74) is 0. The Kier molecular flexibility index (Phi) is 5.17. The van der Waals surface area contributed by atoms with E-state index in [1.54, 1.807) is 11.4 Å². The first-order valence-electron chi connectivity index (χ1n) is 5.88. The summed E-state index contributed by atoms with van der Waals surface area (Å²) >= 11 is 0. The van der Waals surface area contributed by atoms with E-state index in [1.807, 2.05) is 6.92 Å². The lowest BCUT2D eigenvalue weighted by Gasteiger charge is -2.28. The zero-order valence-electron chi connectivity index (χ0n) is 10.1. The minimum absolute atomic E-state index is 0.0249. The van der Waals surface area contributed by atoms with Crippen LogP contribution in [0.2, 0.25) is 0 Å². The van der Waals surface area contributed by atoms with Gasteiger partial charge in [-0.15, -0.1) is 0 Å². The van der Waals surface area contributed by atoms with Gasteiger partial charge < -0.3 is 5.11 Å². The van der Waals surface area contributed by atoms with E-state index in [1.165, 1.54) is 4.31 Å². The van der Waals surface area contributed by atoms with E-state index in [4.69, 9.17) is 5.11 Å². The lowest BCUT2D eigenvalue weighted by atomic mass is 10.2. The van der Waals surface area contributed by atoms with Gasteiger partial charge in [-0.2, -0.15) is 17.0 Å². The van der Waals surface area contributed by atoms with E-state index < -0.39 is 10.2 Å². The van der Waals surface area contributed by atoms with Crippen LogP contribution in [0.15, 0.2) is 0 Å². The maximum Gasteiger partial charge on any atom is 0.281 e. The van der Waals surface area contributed by atoms with Crippen LogP contribution < -0.4 is 0 Å². The average Bonchev–Trinajstić information content (AvgIpc) is 2.74. The molecule has 1 fully saturated rings. The summed E-state index contributed by atoms with van der Waals surface area (Å²) in [5, 5.41) is 8.71. The third kappa shape index (κ3) is 2.94. The van der Waals surface area contributed by atoms with Crippen LogP contribution in [0.25, 0.3) is 0 Å². The van der Waals surface area contributed by atoms with Crippen LogP contribution in [0.3, 0.4) is 0 Å². The predicted octanol–water partition coefficient (Wildman–Crippen LogP) is 0.420. The van der Waals surface area contributed by atoms with Gasteiger partial charge in [-0.25, -0.2) is 0 Å². The number of aliphatic hydroxyl groups is 1. The molecule has 1 aliphatic heterocycles. The predicted molar refractivity (Wildman–Crippen MR) is 63.3 cm³/mol. The highest BCUT2D eigenvalue weighted by Crippen LogP contribution is 2.24. The van der Waals surface area contributed by atoms with E-state index in [9.17, 15) is 8.42 Å². The summed E-state index contributed by atoms with van der Waals surface area (Å²) in [6, 6.07) is 0.154. The molecule has 0 aromatic heterocycles. The summed E-state index contributed by atoms with van der Waals surface area (Å²) in [6.45, 7) is 3.05. The minimum atomic E-state index is -3.32. The van der Waals surface area contributed by atoms with Gasteiger partial charge in [-0.05, 0) is 25.7 Å². The van der Waals surface area contributed by atoms with E-state index in [0.29, 0.717) is 19.5 Å². The molecular weight excluding hydrogens is 228 g/mol. The van der Waals surface area contributed by atoms with E-state index in [0.717, 1.165) is 19.3 Å². The molecule has 0 radical (unpaired) electrons. The molecule has 0 saturated carbocycles. The standard InChI is InChI=1S/C10H22N2O3S/c1-3-10-6-4-8-12(10)16(14,15)11(2)7-5-9-13/h10,13H,3-9H2,1-2H3. The van der Waals surface area contributed by atoms with Crippen molar-refractivity contribution in [1.82, 2.24) is 8.61 Å². The van der Waals surface area contributed by atoms with E-state index in [2.05, 4.69) is 0 Å². The molecule has 96 valence electrons. The van der Waals surface area contributed by atoms with Gasteiger partial charge >= 0.3 is 0 Å².